The van der Waals surface area contributed by atoms with Crippen LogP contribution in [0.2, 0.25) is 0 Å². The maximum Gasteiger partial charge on any atom is 0.410 e. The molecule has 0 radical (unpaired) electrons. The van der Waals surface area contributed by atoms with Gasteiger partial charge in [0, 0.05) is 31.7 Å². The van der Waals surface area contributed by atoms with Gasteiger partial charge in [-0.25, -0.2) is 4.79 Å². The molecule has 0 aliphatic carbocycles. The molecule has 1 fully saturated rings. The Morgan fingerprint density at radius 2 is 1.48 bits per heavy atom. The second-order valence-electron chi connectivity index (χ2n) is 8.83. The first kappa shape index (κ1) is 24.1. The van der Waals surface area contributed by atoms with E-state index >= 15 is 0 Å². The summed E-state index contributed by atoms with van der Waals surface area (Å²) in [6.45, 7) is 7.41. The van der Waals surface area contributed by atoms with Crippen molar-refractivity contribution in [1.29, 1.82) is 0 Å². The second-order valence-corrected chi connectivity index (χ2v) is 8.83. The molecule has 176 valence electrons. The van der Waals surface area contributed by atoms with Gasteiger partial charge in [0.25, 0.3) is 5.91 Å². The van der Waals surface area contributed by atoms with E-state index in [1.165, 1.54) is 0 Å². The normalized spacial score (nSPS) is 13.9. The molecule has 0 unspecified atom stereocenters. The molecule has 0 bridgehead atoms. The molecule has 1 heterocycles. The molecule has 8 nitrogen and oxygen atoms in total. The Kier molecular flexibility index (Phi) is 7.92. The fourth-order valence-corrected chi connectivity index (χ4v) is 3.28. The lowest BCUT2D eigenvalue weighted by atomic mass is 10.2. The predicted molar refractivity (Wildman–Crippen MR) is 124 cm³/mol. The molecule has 1 N–H and O–H groups in total. The van der Waals surface area contributed by atoms with Crippen LogP contribution in [0.15, 0.2) is 54.6 Å². The third kappa shape index (κ3) is 7.52. The standard InChI is InChI=1S/C25H31N3O5/c1-25(2,3)33-24(31)28-15-13-27(14-16-28)22(29)17-26-23(30)20-9-11-21(12-10-20)32-18-19-7-5-4-6-8-19/h4-12H,13-18H2,1-3H3,(H,26,30). The van der Waals surface area contributed by atoms with E-state index < -0.39 is 5.60 Å². The first-order valence-corrected chi connectivity index (χ1v) is 11.0. The molecule has 0 spiro atoms. The first-order chi connectivity index (χ1) is 15.7. The van der Waals surface area contributed by atoms with E-state index in [4.69, 9.17) is 9.47 Å². The Morgan fingerprint density at radius 1 is 0.879 bits per heavy atom. The van der Waals surface area contributed by atoms with Gasteiger partial charge in [-0.05, 0) is 50.6 Å². The molecule has 0 atom stereocenters. The number of benzene rings is 2. The summed E-state index contributed by atoms with van der Waals surface area (Å²) in [5.41, 5.74) is 0.954. The van der Waals surface area contributed by atoms with Gasteiger partial charge in [-0.2, -0.15) is 0 Å². The Bertz CT molecular complexity index is 946. The van der Waals surface area contributed by atoms with Gasteiger partial charge in [0.1, 0.15) is 18.0 Å². The van der Waals surface area contributed by atoms with E-state index in [1.807, 2.05) is 51.1 Å². The highest BCUT2D eigenvalue weighted by Gasteiger charge is 2.27. The number of carbonyl (C=O) groups is 3. The van der Waals surface area contributed by atoms with Crippen LogP contribution in [0.4, 0.5) is 4.79 Å². The van der Waals surface area contributed by atoms with E-state index in [1.54, 1.807) is 34.1 Å². The summed E-state index contributed by atoms with van der Waals surface area (Å²) in [7, 11) is 0. The van der Waals surface area contributed by atoms with Crippen LogP contribution in [0.3, 0.4) is 0 Å². The van der Waals surface area contributed by atoms with Gasteiger partial charge < -0.3 is 24.6 Å². The molecule has 0 saturated carbocycles. The van der Waals surface area contributed by atoms with E-state index in [2.05, 4.69) is 5.32 Å². The van der Waals surface area contributed by atoms with Gasteiger partial charge in [0.05, 0.1) is 6.54 Å². The van der Waals surface area contributed by atoms with Crippen molar-refractivity contribution < 1.29 is 23.9 Å². The number of nitrogens with one attached hydrogen (secondary N) is 1. The molecular weight excluding hydrogens is 422 g/mol. The van der Waals surface area contributed by atoms with Crippen LogP contribution in [-0.4, -0.2) is 66.0 Å². The maximum atomic E-state index is 12.5. The van der Waals surface area contributed by atoms with E-state index in [9.17, 15) is 14.4 Å². The smallest absolute Gasteiger partial charge is 0.410 e. The highest BCUT2D eigenvalue weighted by molar-refractivity contribution is 5.96. The number of rotatable bonds is 6. The van der Waals surface area contributed by atoms with E-state index in [-0.39, 0.29) is 24.5 Å². The summed E-state index contributed by atoms with van der Waals surface area (Å²) in [6, 6.07) is 16.6. The number of ether oxygens (including phenoxy) is 2. The zero-order valence-electron chi connectivity index (χ0n) is 19.4. The Morgan fingerprint density at radius 3 is 2.09 bits per heavy atom. The minimum Gasteiger partial charge on any atom is -0.489 e. The molecule has 1 aliphatic heterocycles. The fourth-order valence-electron chi connectivity index (χ4n) is 3.28. The molecule has 3 amide bonds. The van der Waals surface area contributed by atoms with Gasteiger partial charge in [-0.15, -0.1) is 0 Å². The fraction of sp³-hybridized carbons (Fsp3) is 0.400. The molecule has 8 heteroatoms. The SMILES string of the molecule is CC(C)(C)OC(=O)N1CCN(C(=O)CNC(=O)c2ccc(OCc3ccccc3)cc2)CC1. The molecule has 2 aromatic carbocycles. The lowest BCUT2D eigenvalue weighted by Crippen LogP contribution is -2.53. The zero-order chi connectivity index (χ0) is 23.8. The average molecular weight is 454 g/mol. The third-order valence-corrected chi connectivity index (χ3v) is 5.05. The predicted octanol–water partition coefficient (Wildman–Crippen LogP) is 3.07. The number of amides is 3. The number of hydrogen-bond donors (Lipinski definition) is 1. The largest absolute Gasteiger partial charge is 0.489 e. The van der Waals surface area contributed by atoms with E-state index in [0.29, 0.717) is 44.1 Å². The molecule has 33 heavy (non-hydrogen) atoms. The number of carbonyl (C=O) groups excluding carboxylic acids is 3. The van der Waals surface area contributed by atoms with Crippen molar-refractivity contribution in [2.45, 2.75) is 33.0 Å². The maximum absolute atomic E-state index is 12.5. The Hall–Kier alpha value is -3.55. The summed E-state index contributed by atoms with van der Waals surface area (Å²) < 4.78 is 11.1. The minimum absolute atomic E-state index is 0.0997. The molecule has 0 aromatic heterocycles. The lowest BCUT2D eigenvalue weighted by molar-refractivity contribution is -0.131. The third-order valence-electron chi connectivity index (χ3n) is 5.05. The minimum atomic E-state index is -0.555. The van der Waals surface area contributed by atoms with Crippen molar-refractivity contribution in [3.05, 3.63) is 65.7 Å². The molecule has 2 aromatic rings. The Balaban J connectivity index is 1.40. The van der Waals surface area contributed by atoms with Crippen LogP contribution in [0.1, 0.15) is 36.7 Å². The summed E-state index contributed by atoms with van der Waals surface area (Å²) in [5.74, 6) is 0.148. The summed E-state index contributed by atoms with van der Waals surface area (Å²) in [4.78, 5) is 40.2. The van der Waals surface area contributed by atoms with Crippen molar-refractivity contribution in [1.82, 2.24) is 15.1 Å². The van der Waals surface area contributed by atoms with Crippen molar-refractivity contribution in [2.24, 2.45) is 0 Å². The van der Waals surface area contributed by atoms with Crippen molar-refractivity contribution in [3.8, 4) is 5.75 Å². The van der Waals surface area contributed by atoms with Crippen LogP contribution in [-0.2, 0) is 16.1 Å². The second kappa shape index (κ2) is 10.8. The number of piperazine rings is 1. The topological polar surface area (TPSA) is 88.2 Å². The first-order valence-electron chi connectivity index (χ1n) is 11.0. The highest BCUT2D eigenvalue weighted by atomic mass is 16.6. The summed E-state index contributed by atoms with van der Waals surface area (Å²) in [5, 5.41) is 2.66. The van der Waals surface area contributed by atoms with Crippen LogP contribution in [0, 0.1) is 0 Å². The lowest BCUT2D eigenvalue weighted by Gasteiger charge is -2.35. The van der Waals surface area contributed by atoms with Crippen LogP contribution >= 0.6 is 0 Å². The molecule has 1 saturated heterocycles. The quantitative estimate of drug-likeness (QED) is 0.726. The van der Waals surface area contributed by atoms with Gasteiger partial charge >= 0.3 is 6.09 Å². The number of hydrogen-bond acceptors (Lipinski definition) is 5. The van der Waals surface area contributed by atoms with Gasteiger partial charge in [0.15, 0.2) is 0 Å². The van der Waals surface area contributed by atoms with Crippen LogP contribution in [0.25, 0.3) is 0 Å². The van der Waals surface area contributed by atoms with Crippen molar-refractivity contribution in [2.75, 3.05) is 32.7 Å². The number of nitrogens with zero attached hydrogens (tertiary/aromatic N) is 2. The average Bonchev–Trinajstić information content (AvgIpc) is 2.81. The molecule has 1 aliphatic rings. The van der Waals surface area contributed by atoms with Gasteiger partial charge in [-0.1, -0.05) is 30.3 Å². The van der Waals surface area contributed by atoms with Crippen LogP contribution in [0.5, 0.6) is 5.75 Å². The van der Waals surface area contributed by atoms with Crippen molar-refractivity contribution in [3.63, 3.8) is 0 Å². The Labute approximate surface area is 194 Å². The summed E-state index contributed by atoms with van der Waals surface area (Å²) in [6.07, 6.45) is -0.376. The molecular formula is C25H31N3O5. The highest BCUT2D eigenvalue weighted by Crippen LogP contribution is 2.15. The van der Waals surface area contributed by atoms with Crippen LogP contribution < -0.4 is 10.1 Å². The van der Waals surface area contributed by atoms with E-state index in [0.717, 1.165) is 5.56 Å². The van der Waals surface area contributed by atoms with Gasteiger partial charge in [-0.3, -0.25) is 9.59 Å². The van der Waals surface area contributed by atoms with Crippen molar-refractivity contribution >= 4 is 17.9 Å². The van der Waals surface area contributed by atoms with Gasteiger partial charge in [0.2, 0.25) is 5.91 Å². The summed E-state index contributed by atoms with van der Waals surface area (Å²) >= 11 is 0. The molecule has 3 rings (SSSR count). The zero-order valence-corrected chi connectivity index (χ0v) is 19.4. The monoisotopic (exact) mass is 453 g/mol.